The summed E-state index contributed by atoms with van der Waals surface area (Å²) in [6, 6.07) is 1.95. The molecule has 0 aromatic heterocycles. The maximum Gasteiger partial charge on any atom is 0.126 e. The van der Waals surface area contributed by atoms with E-state index in [0.717, 1.165) is 22.4 Å². The smallest absolute Gasteiger partial charge is 0.126 e. The Balaban J connectivity index is 3.26. The zero-order valence-electron chi connectivity index (χ0n) is 9.14. The van der Waals surface area contributed by atoms with E-state index in [4.69, 9.17) is 4.74 Å². The SMILES string of the molecule is CNCc1c(C)cc(OC)c(C)c1O. The van der Waals surface area contributed by atoms with Crippen molar-refractivity contribution in [2.24, 2.45) is 0 Å². The number of hydrogen-bond donors (Lipinski definition) is 2. The molecule has 0 amide bonds. The first-order valence-electron chi connectivity index (χ1n) is 4.62. The van der Waals surface area contributed by atoms with Crippen molar-refractivity contribution < 1.29 is 9.84 Å². The number of benzene rings is 1. The molecule has 0 aliphatic carbocycles. The van der Waals surface area contributed by atoms with Crippen LogP contribution in [-0.2, 0) is 6.54 Å². The highest BCUT2D eigenvalue weighted by atomic mass is 16.5. The highest BCUT2D eigenvalue weighted by molar-refractivity contribution is 5.52. The van der Waals surface area contributed by atoms with Gasteiger partial charge in [-0.15, -0.1) is 0 Å². The third-order valence-corrected chi connectivity index (χ3v) is 2.41. The van der Waals surface area contributed by atoms with Crippen molar-refractivity contribution in [3.05, 3.63) is 22.8 Å². The average molecular weight is 195 g/mol. The minimum Gasteiger partial charge on any atom is -0.507 e. The van der Waals surface area contributed by atoms with Crippen molar-refractivity contribution in [1.29, 1.82) is 0 Å². The maximum atomic E-state index is 9.90. The quantitative estimate of drug-likeness (QED) is 0.772. The molecule has 14 heavy (non-hydrogen) atoms. The van der Waals surface area contributed by atoms with Crippen molar-refractivity contribution in [1.82, 2.24) is 5.32 Å². The molecule has 0 fully saturated rings. The molecule has 1 rings (SSSR count). The number of phenols is 1. The molecule has 1 aromatic rings. The Morgan fingerprint density at radius 2 is 2.07 bits per heavy atom. The van der Waals surface area contributed by atoms with Gasteiger partial charge in [0.2, 0.25) is 0 Å². The molecule has 0 radical (unpaired) electrons. The first kappa shape index (κ1) is 10.9. The molecule has 78 valence electrons. The summed E-state index contributed by atoms with van der Waals surface area (Å²) in [6.45, 7) is 4.49. The fourth-order valence-electron chi connectivity index (χ4n) is 1.53. The van der Waals surface area contributed by atoms with Crippen LogP contribution in [0.25, 0.3) is 0 Å². The van der Waals surface area contributed by atoms with Crippen LogP contribution in [0.2, 0.25) is 0 Å². The highest BCUT2D eigenvalue weighted by Crippen LogP contribution is 2.32. The summed E-state index contributed by atoms with van der Waals surface area (Å²) in [5.74, 6) is 1.07. The van der Waals surface area contributed by atoms with E-state index in [1.54, 1.807) is 7.11 Å². The molecule has 0 spiro atoms. The first-order valence-corrected chi connectivity index (χ1v) is 4.62. The van der Waals surface area contributed by atoms with Crippen molar-refractivity contribution >= 4 is 0 Å². The topological polar surface area (TPSA) is 41.5 Å². The molecule has 3 heteroatoms. The molecule has 0 heterocycles. The van der Waals surface area contributed by atoms with Gasteiger partial charge < -0.3 is 15.2 Å². The molecule has 0 aliphatic rings. The number of hydrogen-bond acceptors (Lipinski definition) is 3. The summed E-state index contributed by atoms with van der Waals surface area (Å²) < 4.78 is 5.16. The Bertz CT molecular complexity index is 335. The van der Waals surface area contributed by atoms with E-state index < -0.39 is 0 Å². The predicted octanol–water partition coefficient (Wildman–Crippen LogP) is 1.74. The van der Waals surface area contributed by atoms with Crippen LogP contribution in [0, 0.1) is 13.8 Å². The van der Waals surface area contributed by atoms with E-state index in [1.165, 1.54) is 0 Å². The second-order valence-electron chi connectivity index (χ2n) is 3.38. The second-order valence-corrected chi connectivity index (χ2v) is 3.38. The Morgan fingerprint density at radius 3 is 2.57 bits per heavy atom. The molecule has 0 aliphatic heterocycles. The minimum absolute atomic E-state index is 0.330. The van der Waals surface area contributed by atoms with Crippen molar-refractivity contribution in [2.75, 3.05) is 14.2 Å². The molecule has 1 aromatic carbocycles. The molecule has 2 N–H and O–H groups in total. The van der Waals surface area contributed by atoms with Crippen LogP contribution >= 0.6 is 0 Å². The molecule has 0 bridgehead atoms. The van der Waals surface area contributed by atoms with E-state index in [1.807, 2.05) is 27.0 Å². The number of ether oxygens (including phenoxy) is 1. The van der Waals surface area contributed by atoms with Crippen molar-refractivity contribution in [3.8, 4) is 11.5 Å². The number of nitrogens with one attached hydrogen (secondary N) is 1. The summed E-state index contributed by atoms with van der Waals surface area (Å²) in [4.78, 5) is 0. The summed E-state index contributed by atoms with van der Waals surface area (Å²) >= 11 is 0. The average Bonchev–Trinajstić information content (AvgIpc) is 2.18. The summed E-state index contributed by atoms with van der Waals surface area (Å²) in [6.07, 6.45) is 0. The maximum absolute atomic E-state index is 9.90. The molecule has 0 saturated heterocycles. The van der Waals surface area contributed by atoms with Crippen LogP contribution in [-0.4, -0.2) is 19.3 Å². The van der Waals surface area contributed by atoms with E-state index in [0.29, 0.717) is 12.3 Å². The number of phenolic OH excluding ortho intramolecular Hbond substituents is 1. The normalized spacial score (nSPS) is 10.3. The lowest BCUT2D eigenvalue weighted by atomic mass is 10.0. The van der Waals surface area contributed by atoms with Crippen LogP contribution in [0.5, 0.6) is 11.5 Å². The predicted molar refractivity (Wildman–Crippen MR) is 56.9 cm³/mol. The van der Waals surface area contributed by atoms with Crippen molar-refractivity contribution in [2.45, 2.75) is 20.4 Å². The number of aryl methyl sites for hydroxylation is 1. The second kappa shape index (κ2) is 4.33. The van der Waals surface area contributed by atoms with Gasteiger partial charge in [0.15, 0.2) is 0 Å². The van der Waals surface area contributed by atoms with Crippen LogP contribution in [0.15, 0.2) is 6.07 Å². The highest BCUT2D eigenvalue weighted by Gasteiger charge is 2.11. The fraction of sp³-hybridized carbons (Fsp3) is 0.455. The minimum atomic E-state index is 0.330. The molecule has 0 saturated carbocycles. The lowest BCUT2D eigenvalue weighted by molar-refractivity contribution is 0.400. The van der Waals surface area contributed by atoms with Gasteiger partial charge in [0.25, 0.3) is 0 Å². The van der Waals surface area contributed by atoms with E-state index in [-0.39, 0.29) is 0 Å². The van der Waals surface area contributed by atoms with Gasteiger partial charge in [-0.1, -0.05) is 0 Å². The van der Waals surface area contributed by atoms with Gasteiger partial charge in [-0.25, -0.2) is 0 Å². The molecular formula is C11H17NO2. The van der Waals surface area contributed by atoms with Crippen LogP contribution < -0.4 is 10.1 Å². The lowest BCUT2D eigenvalue weighted by Gasteiger charge is -2.13. The van der Waals surface area contributed by atoms with Crippen LogP contribution in [0.3, 0.4) is 0 Å². The molecule has 0 atom stereocenters. The number of rotatable bonds is 3. The lowest BCUT2D eigenvalue weighted by Crippen LogP contribution is -2.07. The van der Waals surface area contributed by atoms with Crippen molar-refractivity contribution in [3.63, 3.8) is 0 Å². The van der Waals surface area contributed by atoms with Crippen LogP contribution in [0.1, 0.15) is 16.7 Å². The van der Waals surface area contributed by atoms with Crippen LogP contribution in [0.4, 0.5) is 0 Å². The fourth-order valence-corrected chi connectivity index (χ4v) is 1.53. The summed E-state index contributed by atoms with van der Waals surface area (Å²) in [7, 11) is 3.47. The Kier molecular flexibility index (Phi) is 3.36. The molecule has 3 nitrogen and oxygen atoms in total. The van der Waals surface area contributed by atoms with Gasteiger partial charge in [0.05, 0.1) is 7.11 Å². The third kappa shape index (κ3) is 1.82. The van der Waals surface area contributed by atoms with Gasteiger partial charge in [-0.2, -0.15) is 0 Å². The zero-order valence-corrected chi connectivity index (χ0v) is 9.14. The Morgan fingerprint density at radius 1 is 1.43 bits per heavy atom. The van der Waals surface area contributed by atoms with E-state index >= 15 is 0 Å². The summed E-state index contributed by atoms with van der Waals surface area (Å²) in [5, 5.41) is 12.9. The number of aromatic hydroxyl groups is 1. The third-order valence-electron chi connectivity index (χ3n) is 2.41. The first-order chi connectivity index (χ1) is 6.61. The summed E-state index contributed by atoms with van der Waals surface area (Å²) in [5.41, 5.74) is 2.77. The Labute approximate surface area is 84.7 Å². The standard InChI is InChI=1S/C11H17NO2/c1-7-5-10(14-4)8(2)11(13)9(7)6-12-3/h5,12-13H,6H2,1-4H3. The van der Waals surface area contributed by atoms with E-state index in [9.17, 15) is 5.11 Å². The monoisotopic (exact) mass is 195 g/mol. The molecular weight excluding hydrogens is 178 g/mol. The van der Waals surface area contributed by atoms with Gasteiger partial charge in [0.1, 0.15) is 11.5 Å². The van der Waals surface area contributed by atoms with Gasteiger partial charge in [0, 0.05) is 17.7 Å². The van der Waals surface area contributed by atoms with E-state index in [2.05, 4.69) is 5.32 Å². The molecule has 0 unspecified atom stereocenters. The zero-order chi connectivity index (χ0) is 10.7. The van der Waals surface area contributed by atoms with Gasteiger partial charge in [-0.05, 0) is 32.5 Å². The Hall–Kier alpha value is -1.22. The number of methoxy groups -OCH3 is 1. The van der Waals surface area contributed by atoms with Gasteiger partial charge in [-0.3, -0.25) is 0 Å². The largest absolute Gasteiger partial charge is 0.507 e. The van der Waals surface area contributed by atoms with Gasteiger partial charge >= 0.3 is 0 Å².